The fourth-order valence-electron chi connectivity index (χ4n) is 0.755. The zero-order valence-electron chi connectivity index (χ0n) is 6.18. The van der Waals surface area contributed by atoms with Crippen LogP contribution in [0, 0.1) is 0 Å². The zero-order valence-corrected chi connectivity index (χ0v) is 11.9. The molecule has 1 rings (SSSR count). The molecule has 0 radical (unpaired) electrons. The predicted molar refractivity (Wildman–Crippen MR) is 68.0 cm³/mol. The van der Waals surface area contributed by atoms with E-state index in [0.717, 1.165) is 0 Å². The number of hydrogen-bond donors (Lipinski definition) is 0. The molecule has 0 spiro atoms. The summed E-state index contributed by atoms with van der Waals surface area (Å²) in [5, 5.41) is 0. The van der Waals surface area contributed by atoms with Gasteiger partial charge < -0.3 is 0 Å². The first-order valence-corrected chi connectivity index (χ1v) is 12.2. The molecule has 0 unspecified atom stereocenters. The van der Waals surface area contributed by atoms with Crippen molar-refractivity contribution in [3.05, 3.63) is 41.6 Å². The molecule has 0 aromatic heterocycles. The van der Waals surface area contributed by atoms with Gasteiger partial charge in [0.1, 0.15) is 0 Å². The van der Waals surface area contributed by atoms with E-state index in [4.69, 9.17) is 0 Å². The fourth-order valence-corrected chi connectivity index (χ4v) is 2.33. The van der Waals surface area contributed by atoms with Gasteiger partial charge in [-0.3, -0.25) is 0 Å². The van der Waals surface area contributed by atoms with Gasteiger partial charge in [-0.2, -0.15) is 0 Å². The molecule has 0 bridgehead atoms. The Morgan fingerprint density at radius 3 is 2.08 bits per heavy atom. The third-order valence-electron chi connectivity index (χ3n) is 1.26. The molecule has 0 aliphatic heterocycles. The maximum atomic E-state index is 3.52. The summed E-state index contributed by atoms with van der Waals surface area (Å²) in [6, 6.07) is 10.2. The maximum Gasteiger partial charge on any atom is 0.290 e. The van der Waals surface area contributed by atoms with Crippen LogP contribution in [0.25, 0.3) is 6.08 Å². The summed E-state index contributed by atoms with van der Waals surface area (Å²) in [4.78, 5) is 0. The molecule has 0 fully saturated rings. The zero-order chi connectivity index (χ0) is 9.03. The summed E-state index contributed by atoms with van der Waals surface area (Å²) in [5.41, 5.74) is 3.33. The Morgan fingerprint density at radius 1 is 1.00 bits per heavy atom. The van der Waals surface area contributed by atoms with Crippen LogP contribution in [0.1, 0.15) is 5.56 Å². The van der Waals surface area contributed by atoms with Crippen LogP contribution in [0.2, 0.25) is 0 Å². The Hall–Kier alpha value is 0.617. The van der Waals surface area contributed by atoms with E-state index in [1.165, 1.54) is 5.56 Å². The third-order valence-corrected chi connectivity index (χ3v) is 4.19. The Morgan fingerprint density at radius 2 is 1.58 bits per heavy atom. The maximum absolute atomic E-state index is 3.52. The van der Waals surface area contributed by atoms with Crippen LogP contribution in [0.15, 0.2) is 36.0 Å². The van der Waals surface area contributed by atoms with Crippen molar-refractivity contribution >= 4 is 55.9 Å². The Bertz CT molecular complexity index is 263. The molecule has 1 aromatic carbocycles. The van der Waals surface area contributed by atoms with Crippen LogP contribution in [-0.2, 0) is 0 Å². The van der Waals surface area contributed by atoms with Crippen LogP contribution in [-0.4, -0.2) is 3.93 Å². The van der Waals surface area contributed by atoms with Gasteiger partial charge >= 0.3 is 0 Å². The minimum atomic E-state index is -1.58. The first kappa shape index (κ1) is 10.7. The van der Waals surface area contributed by atoms with Crippen molar-refractivity contribution < 1.29 is 0 Å². The molecule has 0 heterocycles. The van der Waals surface area contributed by atoms with E-state index < -0.39 is 3.93 Å². The highest BCUT2D eigenvalue weighted by molar-refractivity contribution is 9.72. The molecule has 0 atom stereocenters. The first-order chi connectivity index (χ1) is 5.58. The number of rotatable bonds is 2. The average molecular weight is 371 g/mol. The number of halogens is 3. The SMILES string of the molecule is Br[Si](Br)(Br)/C=C/c1ccccc1. The molecule has 64 valence electrons. The van der Waals surface area contributed by atoms with Crippen molar-refractivity contribution in [3.8, 4) is 0 Å². The van der Waals surface area contributed by atoms with Crippen LogP contribution in [0.4, 0.5) is 0 Å². The molecule has 0 amide bonds. The Labute approximate surface area is 96.8 Å². The van der Waals surface area contributed by atoms with Crippen molar-refractivity contribution in [2.45, 2.75) is 0 Å². The van der Waals surface area contributed by atoms with E-state index in [9.17, 15) is 0 Å². The largest absolute Gasteiger partial charge is 0.290 e. The van der Waals surface area contributed by atoms with E-state index in [2.05, 4.69) is 69.8 Å². The molecule has 0 aliphatic carbocycles. The highest BCUT2D eigenvalue weighted by atomic mass is 80.0. The Balaban J connectivity index is 2.71. The van der Waals surface area contributed by atoms with Gasteiger partial charge in [-0.1, -0.05) is 88.0 Å². The van der Waals surface area contributed by atoms with Gasteiger partial charge in [0.05, 0.1) is 0 Å². The molecule has 1 aromatic rings. The number of hydrogen-bond acceptors (Lipinski definition) is 0. The summed E-state index contributed by atoms with van der Waals surface area (Å²) >= 11 is 10.6. The van der Waals surface area contributed by atoms with Crippen molar-refractivity contribution in [3.63, 3.8) is 0 Å². The van der Waals surface area contributed by atoms with Gasteiger partial charge in [0, 0.05) is 0 Å². The van der Waals surface area contributed by atoms with Crippen LogP contribution in [0.5, 0.6) is 0 Å². The first-order valence-electron chi connectivity index (χ1n) is 3.39. The molecule has 0 aliphatic rings. The van der Waals surface area contributed by atoms with Crippen LogP contribution in [0.3, 0.4) is 0 Å². The summed E-state index contributed by atoms with van der Waals surface area (Å²) in [6.45, 7) is 0. The predicted octanol–water partition coefficient (Wildman–Crippen LogP) is 4.36. The van der Waals surface area contributed by atoms with Crippen molar-refractivity contribution in [2.75, 3.05) is 0 Å². The minimum Gasteiger partial charge on any atom is -0.0916 e. The van der Waals surface area contributed by atoms with E-state index in [1.807, 2.05) is 18.2 Å². The highest BCUT2D eigenvalue weighted by Gasteiger charge is 2.16. The monoisotopic (exact) mass is 368 g/mol. The van der Waals surface area contributed by atoms with E-state index in [1.54, 1.807) is 0 Å². The highest BCUT2D eigenvalue weighted by Crippen LogP contribution is 2.29. The second-order valence-electron chi connectivity index (χ2n) is 2.29. The number of benzene rings is 1. The van der Waals surface area contributed by atoms with Gasteiger partial charge in [0.15, 0.2) is 0 Å². The third kappa shape index (κ3) is 4.60. The van der Waals surface area contributed by atoms with Crippen LogP contribution < -0.4 is 0 Å². The lowest BCUT2D eigenvalue weighted by atomic mass is 10.2. The van der Waals surface area contributed by atoms with Gasteiger partial charge in [-0.05, 0) is 5.56 Å². The standard InChI is InChI=1S/C8H7Br3Si/c9-12(10,11)7-6-8-4-2-1-3-5-8/h1-7H/b7-6+. The normalized spacial score (nSPS) is 12.2. The molecular weight excluding hydrogens is 364 g/mol. The second kappa shape index (κ2) is 4.74. The summed E-state index contributed by atoms with van der Waals surface area (Å²) in [6.07, 6.45) is 2.09. The van der Waals surface area contributed by atoms with Crippen molar-refractivity contribution in [2.24, 2.45) is 0 Å². The van der Waals surface area contributed by atoms with Crippen LogP contribution >= 0.6 is 45.9 Å². The lowest BCUT2D eigenvalue weighted by molar-refractivity contribution is 1.66. The molecule has 4 heteroatoms. The summed E-state index contributed by atoms with van der Waals surface area (Å²) in [7, 11) is 0. The Kier molecular flexibility index (Phi) is 4.23. The minimum absolute atomic E-state index is 1.22. The van der Waals surface area contributed by atoms with Gasteiger partial charge in [0.2, 0.25) is 0 Å². The summed E-state index contributed by atoms with van der Waals surface area (Å²) < 4.78 is -1.58. The molecule has 0 saturated heterocycles. The topological polar surface area (TPSA) is 0 Å². The van der Waals surface area contributed by atoms with Gasteiger partial charge in [-0.25, -0.2) is 0 Å². The molecule has 0 saturated carbocycles. The van der Waals surface area contributed by atoms with Crippen molar-refractivity contribution in [1.29, 1.82) is 0 Å². The summed E-state index contributed by atoms with van der Waals surface area (Å²) in [5.74, 6) is 0. The molecule has 0 nitrogen and oxygen atoms in total. The van der Waals surface area contributed by atoms with E-state index in [-0.39, 0.29) is 0 Å². The molecule has 0 N–H and O–H groups in total. The van der Waals surface area contributed by atoms with E-state index >= 15 is 0 Å². The van der Waals surface area contributed by atoms with Gasteiger partial charge in [-0.15, -0.1) is 0 Å². The lowest BCUT2D eigenvalue weighted by Crippen LogP contribution is -1.99. The average Bonchev–Trinajstić information content (AvgIpc) is 2.02. The lowest BCUT2D eigenvalue weighted by Gasteiger charge is -1.99. The molecule has 12 heavy (non-hydrogen) atoms. The van der Waals surface area contributed by atoms with Crippen molar-refractivity contribution in [1.82, 2.24) is 0 Å². The smallest absolute Gasteiger partial charge is 0.0916 e. The van der Waals surface area contributed by atoms with E-state index in [0.29, 0.717) is 0 Å². The van der Waals surface area contributed by atoms with Gasteiger partial charge in [0.25, 0.3) is 3.93 Å². The molecular formula is C8H7Br3Si. The quantitative estimate of drug-likeness (QED) is 0.536. The fraction of sp³-hybridized carbons (Fsp3) is 0. The second-order valence-corrected chi connectivity index (χ2v) is 24.5.